The number of ether oxygens (including phenoxy) is 1. The van der Waals surface area contributed by atoms with E-state index in [4.69, 9.17) is 9.15 Å². The molecule has 3 aromatic carbocycles. The van der Waals surface area contributed by atoms with Gasteiger partial charge in [-0.2, -0.15) is 0 Å². The largest absolute Gasteiger partial charge is 0.507 e. The van der Waals surface area contributed by atoms with Crippen molar-refractivity contribution in [2.45, 2.75) is 13.8 Å². The summed E-state index contributed by atoms with van der Waals surface area (Å²) in [7, 11) is 0. The van der Waals surface area contributed by atoms with Gasteiger partial charge < -0.3 is 19.6 Å². The van der Waals surface area contributed by atoms with Gasteiger partial charge in [-0.1, -0.05) is 48.5 Å². The molecule has 31 heavy (non-hydrogen) atoms. The van der Waals surface area contributed by atoms with Crippen LogP contribution in [-0.4, -0.2) is 17.6 Å². The van der Waals surface area contributed by atoms with E-state index >= 15 is 0 Å². The zero-order valence-electron chi connectivity index (χ0n) is 17.1. The lowest BCUT2D eigenvalue weighted by Crippen LogP contribution is -2.21. The Bertz CT molecular complexity index is 1310. The smallest absolute Gasteiger partial charge is 0.262 e. The average molecular weight is 415 g/mol. The summed E-state index contributed by atoms with van der Waals surface area (Å²) in [5.74, 6) is -0.00932. The van der Waals surface area contributed by atoms with Crippen molar-refractivity contribution in [3.8, 4) is 22.8 Å². The van der Waals surface area contributed by atoms with E-state index in [-0.39, 0.29) is 40.4 Å². The van der Waals surface area contributed by atoms with Crippen LogP contribution in [0.4, 0.5) is 5.69 Å². The third-order valence-electron chi connectivity index (χ3n) is 4.96. The lowest BCUT2D eigenvalue weighted by atomic mass is 10.1. The highest BCUT2D eigenvalue weighted by Gasteiger charge is 2.14. The van der Waals surface area contributed by atoms with Crippen LogP contribution in [0.1, 0.15) is 11.1 Å². The second-order valence-corrected chi connectivity index (χ2v) is 7.26. The zero-order chi connectivity index (χ0) is 22.0. The fourth-order valence-corrected chi connectivity index (χ4v) is 3.41. The highest BCUT2D eigenvalue weighted by Crippen LogP contribution is 2.31. The van der Waals surface area contributed by atoms with Gasteiger partial charge in [-0.3, -0.25) is 9.59 Å². The zero-order valence-corrected chi connectivity index (χ0v) is 17.1. The Balaban J connectivity index is 1.58. The van der Waals surface area contributed by atoms with Crippen LogP contribution in [0.2, 0.25) is 0 Å². The maximum absolute atomic E-state index is 12.5. The van der Waals surface area contributed by atoms with Crippen LogP contribution in [0.25, 0.3) is 22.3 Å². The molecule has 4 aromatic rings. The first kappa shape index (κ1) is 20.2. The summed E-state index contributed by atoms with van der Waals surface area (Å²) in [5.41, 5.74) is 3.20. The predicted molar refractivity (Wildman–Crippen MR) is 120 cm³/mol. The number of aromatic hydroxyl groups is 1. The number of rotatable bonds is 5. The summed E-state index contributed by atoms with van der Waals surface area (Å²) in [6.07, 6.45) is 0. The molecule has 0 radical (unpaired) electrons. The van der Waals surface area contributed by atoms with Crippen molar-refractivity contribution in [1.82, 2.24) is 0 Å². The summed E-state index contributed by atoms with van der Waals surface area (Å²) < 4.78 is 11.4. The van der Waals surface area contributed by atoms with E-state index < -0.39 is 0 Å². The number of hydrogen-bond donors (Lipinski definition) is 2. The molecular weight excluding hydrogens is 394 g/mol. The molecule has 1 heterocycles. The normalized spacial score (nSPS) is 10.8. The number of carbonyl (C=O) groups excluding carboxylic acids is 1. The molecule has 0 aliphatic heterocycles. The highest BCUT2D eigenvalue weighted by molar-refractivity contribution is 5.93. The van der Waals surface area contributed by atoms with Crippen molar-refractivity contribution in [2.24, 2.45) is 0 Å². The van der Waals surface area contributed by atoms with Crippen LogP contribution in [0, 0.1) is 13.8 Å². The van der Waals surface area contributed by atoms with Crippen molar-refractivity contribution < 1.29 is 19.1 Å². The van der Waals surface area contributed by atoms with Crippen molar-refractivity contribution in [2.75, 3.05) is 11.9 Å². The number of benzene rings is 3. The van der Waals surface area contributed by atoms with E-state index in [1.807, 2.05) is 62.4 Å². The Morgan fingerprint density at radius 2 is 1.71 bits per heavy atom. The van der Waals surface area contributed by atoms with Crippen LogP contribution in [0.3, 0.4) is 0 Å². The summed E-state index contributed by atoms with van der Waals surface area (Å²) in [4.78, 5) is 24.9. The van der Waals surface area contributed by atoms with Crippen molar-refractivity contribution in [3.05, 3.63) is 88.1 Å². The SMILES string of the molecule is Cc1cccc(C)c1NC(=O)COc1cc(O)c2c(=O)cc(-c3ccccc3)oc2c1. The second-order valence-electron chi connectivity index (χ2n) is 7.26. The van der Waals surface area contributed by atoms with Gasteiger partial charge in [0.15, 0.2) is 12.0 Å². The van der Waals surface area contributed by atoms with Gasteiger partial charge in [0.05, 0.1) is 0 Å². The fraction of sp³-hybridized carbons (Fsp3) is 0.120. The van der Waals surface area contributed by atoms with Crippen LogP contribution in [0.5, 0.6) is 11.5 Å². The molecule has 0 aliphatic carbocycles. The lowest BCUT2D eigenvalue weighted by molar-refractivity contribution is -0.118. The Kier molecular flexibility index (Phi) is 5.45. The lowest BCUT2D eigenvalue weighted by Gasteiger charge is -2.12. The van der Waals surface area contributed by atoms with E-state index in [2.05, 4.69) is 5.32 Å². The van der Waals surface area contributed by atoms with Crippen LogP contribution < -0.4 is 15.5 Å². The van der Waals surface area contributed by atoms with Crippen molar-refractivity contribution in [3.63, 3.8) is 0 Å². The van der Waals surface area contributed by atoms with Crippen LogP contribution >= 0.6 is 0 Å². The minimum absolute atomic E-state index is 0.0621. The van der Waals surface area contributed by atoms with E-state index in [1.54, 1.807) is 0 Å². The predicted octanol–water partition coefficient (Wildman–Crippen LogP) is 4.80. The summed E-state index contributed by atoms with van der Waals surface area (Å²) in [6, 6.07) is 19.1. The Hall–Kier alpha value is -4.06. The maximum Gasteiger partial charge on any atom is 0.262 e. The minimum Gasteiger partial charge on any atom is -0.507 e. The first-order valence-electron chi connectivity index (χ1n) is 9.77. The number of nitrogens with one attached hydrogen (secondary N) is 1. The van der Waals surface area contributed by atoms with Gasteiger partial charge in [-0.25, -0.2) is 0 Å². The molecule has 2 N–H and O–H groups in total. The summed E-state index contributed by atoms with van der Waals surface area (Å²) in [5, 5.41) is 13.2. The Labute approximate surface area is 178 Å². The topological polar surface area (TPSA) is 88.8 Å². The van der Waals surface area contributed by atoms with E-state index in [9.17, 15) is 14.7 Å². The van der Waals surface area contributed by atoms with Crippen molar-refractivity contribution >= 4 is 22.6 Å². The van der Waals surface area contributed by atoms with Gasteiger partial charge in [0.1, 0.15) is 28.2 Å². The molecule has 0 bridgehead atoms. The quantitative estimate of drug-likeness (QED) is 0.489. The standard InChI is InChI=1S/C25H21NO5/c1-15-7-6-8-16(2)25(15)26-23(29)14-30-18-11-19(27)24-20(28)13-21(31-22(24)12-18)17-9-4-3-5-10-17/h3-13,27H,14H2,1-2H3,(H,26,29). The molecule has 0 saturated heterocycles. The third-order valence-corrected chi connectivity index (χ3v) is 4.96. The Morgan fingerprint density at radius 3 is 2.42 bits per heavy atom. The van der Waals surface area contributed by atoms with Gasteiger partial charge in [0, 0.05) is 29.4 Å². The number of fused-ring (bicyclic) bond motifs is 1. The number of hydrogen-bond acceptors (Lipinski definition) is 5. The van der Waals surface area contributed by atoms with E-state index in [0.29, 0.717) is 5.76 Å². The molecule has 1 amide bonds. The van der Waals surface area contributed by atoms with Crippen molar-refractivity contribution in [1.29, 1.82) is 0 Å². The van der Waals surface area contributed by atoms with Gasteiger partial charge in [0.25, 0.3) is 5.91 Å². The molecule has 0 saturated carbocycles. The summed E-state index contributed by atoms with van der Waals surface area (Å²) in [6.45, 7) is 3.57. The maximum atomic E-state index is 12.5. The van der Waals surface area contributed by atoms with Crippen LogP contribution in [0.15, 0.2) is 75.9 Å². The molecule has 0 spiro atoms. The average Bonchev–Trinajstić information content (AvgIpc) is 2.75. The fourth-order valence-electron chi connectivity index (χ4n) is 3.41. The third kappa shape index (κ3) is 4.28. The number of anilines is 1. The molecule has 1 aromatic heterocycles. The van der Waals surface area contributed by atoms with Gasteiger partial charge in [0.2, 0.25) is 0 Å². The molecule has 4 rings (SSSR count). The number of aryl methyl sites for hydroxylation is 2. The molecule has 0 aliphatic rings. The van der Waals surface area contributed by atoms with Gasteiger partial charge in [-0.15, -0.1) is 0 Å². The Morgan fingerprint density at radius 1 is 1.00 bits per heavy atom. The first-order chi connectivity index (χ1) is 14.9. The number of phenolic OH excluding ortho intramolecular Hbond substituents is 1. The highest BCUT2D eigenvalue weighted by atomic mass is 16.5. The number of para-hydroxylation sites is 1. The van der Waals surface area contributed by atoms with Crippen LogP contribution in [-0.2, 0) is 4.79 Å². The molecule has 0 fully saturated rings. The molecule has 0 unspecified atom stereocenters. The summed E-state index contributed by atoms with van der Waals surface area (Å²) >= 11 is 0. The number of phenols is 1. The molecule has 156 valence electrons. The van der Waals surface area contributed by atoms with E-state index in [0.717, 1.165) is 22.4 Å². The molecule has 0 atom stereocenters. The van der Waals surface area contributed by atoms with Gasteiger partial charge >= 0.3 is 0 Å². The number of amides is 1. The molecule has 6 heteroatoms. The first-order valence-corrected chi connectivity index (χ1v) is 9.77. The second kappa shape index (κ2) is 8.36. The van der Waals surface area contributed by atoms with E-state index in [1.165, 1.54) is 18.2 Å². The molecular formula is C25H21NO5. The minimum atomic E-state index is -0.364. The number of carbonyl (C=O) groups is 1. The molecule has 6 nitrogen and oxygen atoms in total. The monoisotopic (exact) mass is 415 g/mol. The van der Waals surface area contributed by atoms with Gasteiger partial charge in [-0.05, 0) is 25.0 Å².